The number of amides is 1. The highest BCUT2D eigenvalue weighted by molar-refractivity contribution is 5.97. The van der Waals surface area contributed by atoms with E-state index in [-0.39, 0.29) is 12.5 Å². The topological polar surface area (TPSA) is 75.6 Å². The predicted octanol–water partition coefficient (Wildman–Crippen LogP) is 3.07. The number of carboxylic acid groups (broad SMARTS) is 1. The number of rotatable bonds is 8. The van der Waals surface area contributed by atoms with E-state index >= 15 is 0 Å². The maximum absolute atomic E-state index is 12.4. The first-order valence-electron chi connectivity index (χ1n) is 8.29. The number of carbonyl (C=O) groups is 2. The summed E-state index contributed by atoms with van der Waals surface area (Å²) in [7, 11) is 0. The molecule has 2 N–H and O–H groups in total. The van der Waals surface area contributed by atoms with Crippen LogP contribution in [0.5, 0.6) is 5.75 Å². The summed E-state index contributed by atoms with van der Waals surface area (Å²) in [6.07, 6.45) is 0.365. The van der Waals surface area contributed by atoms with Gasteiger partial charge in [0.25, 0.3) is 5.91 Å². The standard InChI is InChI=1S/C20H23NO4/c1-3-25-18-10-5-4-9-17(18)19(22)21-13-16(20(23)24)12-15-8-6-7-14(2)11-15/h4-11,16H,3,12-13H2,1-2H3,(H,21,22)(H,23,24). The number of nitrogens with one attached hydrogen (secondary N) is 1. The molecule has 2 rings (SSSR count). The van der Waals surface area contributed by atoms with Crippen LogP contribution >= 0.6 is 0 Å². The fourth-order valence-corrected chi connectivity index (χ4v) is 2.62. The molecule has 0 aliphatic rings. The van der Waals surface area contributed by atoms with Crippen LogP contribution in [-0.4, -0.2) is 30.1 Å². The number of aliphatic carboxylic acids is 1. The van der Waals surface area contributed by atoms with Gasteiger partial charge in [0.15, 0.2) is 0 Å². The van der Waals surface area contributed by atoms with E-state index < -0.39 is 11.9 Å². The lowest BCUT2D eigenvalue weighted by atomic mass is 9.98. The zero-order valence-electron chi connectivity index (χ0n) is 14.5. The Kier molecular flexibility index (Phi) is 6.57. The molecule has 0 aliphatic carbocycles. The summed E-state index contributed by atoms with van der Waals surface area (Å²) in [5.74, 6) is -1.46. The molecule has 5 nitrogen and oxygen atoms in total. The summed E-state index contributed by atoms with van der Waals surface area (Å²) in [5, 5.41) is 12.2. The molecular formula is C20H23NO4. The first-order chi connectivity index (χ1) is 12.0. The average molecular weight is 341 g/mol. The maximum Gasteiger partial charge on any atom is 0.308 e. The van der Waals surface area contributed by atoms with Gasteiger partial charge in [-0.25, -0.2) is 0 Å². The number of hydrogen-bond acceptors (Lipinski definition) is 3. The molecule has 1 unspecified atom stereocenters. The van der Waals surface area contributed by atoms with Crippen molar-refractivity contribution >= 4 is 11.9 Å². The lowest BCUT2D eigenvalue weighted by Crippen LogP contribution is -2.34. The lowest BCUT2D eigenvalue weighted by molar-refractivity contribution is -0.141. The quantitative estimate of drug-likeness (QED) is 0.774. The number of carboxylic acids is 1. The molecule has 25 heavy (non-hydrogen) atoms. The van der Waals surface area contributed by atoms with Crippen molar-refractivity contribution in [3.63, 3.8) is 0 Å². The Labute approximate surface area is 147 Å². The van der Waals surface area contributed by atoms with Crippen LogP contribution in [0.3, 0.4) is 0 Å². The Bertz CT molecular complexity index is 742. The van der Waals surface area contributed by atoms with Gasteiger partial charge in [0, 0.05) is 6.54 Å². The van der Waals surface area contributed by atoms with Crippen LogP contribution in [-0.2, 0) is 11.2 Å². The Hall–Kier alpha value is -2.82. The molecule has 1 atom stereocenters. The highest BCUT2D eigenvalue weighted by Crippen LogP contribution is 2.18. The number of hydrogen-bond donors (Lipinski definition) is 2. The van der Waals surface area contributed by atoms with E-state index in [1.54, 1.807) is 24.3 Å². The van der Waals surface area contributed by atoms with Crippen molar-refractivity contribution in [3.8, 4) is 5.75 Å². The van der Waals surface area contributed by atoms with E-state index in [9.17, 15) is 14.7 Å². The van der Waals surface area contributed by atoms with Gasteiger partial charge in [-0.15, -0.1) is 0 Å². The lowest BCUT2D eigenvalue weighted by Gasteiger charge is -2.15. The molecule has 0 spiro atoms. The number of aryl methyl sites for hydroxylation is 1. The van der Waals surface area contributed by atoms with E-state index in [4.69, 9.17) is 4.74 Å². The summed E-state index contributed by atoms with van der Waals surface area (Å²) in [5.41, 5.74) is 2.43. The Morgan fingerprint density at radius 3 is 2.60 bits per heavy atom. The Morgan fingerprint density at radius 1 is 1.16 bits per heavy atom. The van der Waals surface area contributed by atoms with Gasteiger partial charge in [-0.3, -0.25) is 9.59 Å². The van der Waals surface area contributed by atoms with Crippen molar-refractivity contribution < 1.29 is 19.4 Å². The maximum atomic E-state index is 12.4. The van der Waals surface area contributed by atoms with Crippen molar-refractivity contribution in [1.82, 2.24) is 5.32 Å². The largest absolute Gasteiger partial charge is 0.493 e. The van der Waals surface area contributed by atoms with E-state index in [0.29, 0.717) is 24.3 Å². The Morgan fingerprint density at radius 2 is 1.92 bits per heavy atom. The van der Waals surface area contributed by atoms with Crippen LogP contribution in [0.4, 0.5) is 0 Å². The van der Waals surface area contributed by atoms with E-state index in [2.05, 4.69) is 5.32 Å². The first kappa shape index (κ1) is 18.5. The molecule has 0 saturated heterocycles. The molecule has 132 valence electrons. The third-order valence-corrected chi connectivity index (χ3v) is 3.85. The smallest absolute Gasteiger partial charge is 0.308 e. The highest BCUT2D eigenvalue weighted by atomic mass is 16.5. The van der Waals surface area contributed by atoms with Gasteiger partial charge in [0.05, 0.1) is 18.1 Å². The summed E-state index contributed by atoms with van der Waals surface area (Å²) in [6, 6.07) is 14.7. The minimum Gasteiger partial charge on any atom is -0.493 e. The minimum absolute atomic E-state index is 0.0581. The third-order valence-electron chi connectivity index (χ3n) is 3.85. The van der Waals surface area contributed by atoms with Gasteiger partial charge in [0.2, 0.25) is 0 Å². The van der Waals surface area contributed by atoms with Crippen LogP contribution in [0.1, 0.15) is 28.4 Å². The van der Waals surface area contributed by atoms with Crippen molar-refractivity contribution in [2.45, 2.75) is 20.3 Å². The highest BCUT2D eigenvalue weighted by Gasteiger charge is 2.20. The first-order valence-corrected chi connectivity index (χ1v) is 8.29. The zero-order valence-corrected chi connectivity index (χ0v) is 14.5. The molecule has 0 bridgehead atoms. The number of para-hydroxylation sites is 1. The van der Waals surface area contributed by atoms with Crippen LogP contribution in [0.2, 0.25) is 0 Å². The van der Waals surface area contributed by atoms with E-state index in [0.717, 1.165) is 11.1 Å². The monoisotopic (exact) mass is 341 g/mol. The second-order valence-electron chi connectivity index (χ2n) is 5.87. The number of carbonyl (C=O) groups excluding carboxylic acids is 1. The molecule has 0 radical (unpaired) electrons. The molecule has 0 heterocycles. The zero-order chi connectivity index (χ0) is 18.2. The molecule has 5 heteroatoms. The van der Waals surface area contributed by atoms with Crippen LogP contribution in [0, 0.1) is 12.8 Å². The van der Waals surface area contributed by atoms with Crippen molar-refractivity contribution in [2.75, 3.05) is 13.2 Å². The summed E-state index contributed by atoms with van der Waals surface area (Å²) >= 11 is 0. The molecular weight excluding hydrogens is 318 g/mol. The predicted molar refractivity (Wildman–Crippen MR) is 96.0 cm³/mol. The molecule has 2 aromatic rings. The fourth-order valence-electron chi connectivity index (χ4n) is 2.62. The van der Waals surface area contributed by atoms with Gasteiger partial charge in [-0.05, 0) is 38.0 Å². The average Bonchev–Trinajstić information content (AvgIpc) is 2.59. The van der Waals surface area contributed by atoms with Crippen LogP contribution in [0.15, 0.2) is 48.5 Å². The van der Waals surface area contributed by atoms with Crippen molar-refractivity contribution in [2.24, 2.45) is 5.92 Å². The summed E-state index contributed by atoms with van der Waals surface area (Å²) in [6.45, 7) is 4.32. The molecule has 0 saturated carbocycles. The van der Waals surface area contributed by atoms with Gasteiger partial charge in [-0.2, -0.15) is 0 Å². The van der Waals surface area contributed by atoms with Crippen LogP contribution in [0.25, 0.3) is 0 Å². The second-order valence-corrected chi connectivity index (χ2v) is 5.87. The van der Waals surface area contributed by atoms with E-state index in [1.807, 2.05) is 38.1 Å². The fraction of sp³-hybridized carbons (Fsp3) is 0.300. The second kappa shape index (κ2) is 8.87. The van der Waals surface area contributed by atoms with Crippen molar-refractivity contribution in [1.29, 1.82) is 0 Å². The van der Waals surface area contributed by atoms with Gasteiger partial charge in [-0.1, -0.05) is 42.0 Å². The van der Waals surface area contributed by atoms with Crippen molar-refractivity contribution in [3.05, 3.63) is 65.2 Å². The minimum atomic E-state index is -0.931. The SMILES string of the molecule is CCOc1ccccc1C(=O)NCC(Cc1cccc(C)c1)C(=O)O. The Balaban J connectivity index is 2.03. The van der Waals surface area contributed by atoms with Gasteiger partial charge in [0.1, 0.15) is 5.75 Å². The molecule has 0 aromatic heterocycles. The molecule has 2 aromatic carbocycles. The summed E-state index contributed by atoms with van der Waals surface area (Å²) < 4.78 is 5.44. The van der Waals surface area contributed by atoms with Gasteiger partial charge < -0.3 is 15.2 Å². The van der Waals surface area contributed by atoms with Gasteiger partial charge >= 0.3 is 5.97 Å². The number of ether oxygens (including phenoxy) is 1. The normalized spacial score (nSPS) is 11.6. The molecule has 1 amide bonds. The third kappa shape index (κ3) is 5.35. The summed E-state index contributed by atoms with van der Waals surface area (Å²) in [4.78, 5) is 23.9. The number of benzene rings is 2. The van der Waals surface area contributed by atoms with E-state index in [1.165, 1.54) is 0 Å². The molecule has 0 aliphatic heterocycles. The van der Waals surface area contributed by atoms with Crippen LogP contribution < -0.4 is 10.1 Å². The molecule has 0 fully saturated rings.